The van der Waals surface area contributed by atoms with Gasteiger partial charge in [-0.25, -0.2) is 4.39 Å². The third-order valence-corrected chi connectivity index (χ3v) is 2.98. The fourth-order valence-corrected chi connectivity index (χ4v) is 1.91. The zero-order chi connectivity index (χ0) is 14.7. The highest BCUT2D eigenvalue weighted by molar-refractivity contribution is 6.34. The van der Waals surface area contributed by atoms with Gasteiger partial charge in [-0.2, -0.15) is 0 Å². The fraction of sp³-hybridized carbons (Fsp3) is 0.0714. The van der Waals surface area contributed by atoms with E-state index in [1.807, 2.05) is 0 Å². The lowest BCUT2D eigenvalue weighted by Crippen LogP contribution is -2.12. The molecule has 4 nitrogen and oxygen atoms in total. The summed E-state index contributed by atoms with van der Waals surface area (Å²) in [6, 6.07) is 8.41. The van der Waals surface area contributed by atoms with Gasteiger partial charge in [-0.05, 0) is 30.3 Å². The first-order valence-electron chi connectivity index (χ1n) is 5.71. The van der Waals surface area contributed by atoms with E-state index in [2.05, 4.69) is 5.32 Å². The molecule has 0 fully saturated rings. The van der Waals surface area contributed by atoms with Crippen LogP contribution in [0.3, 0.4) is 0 Å². The molecule has 2 aromatic rings. The molecule has 0 heterocycles. The number of carbonyl (C=O) groups excluding carboxylic acids is 1. The second-order valence-electron chi connectivity index (χ2n) is 4.04. The number of anilines is 2. The molecule has 3 N–H and O–H groups in total. The first-order chi connectivity index (χ1) is 9.51. The highest BCUT2D eigenvalue weighted by Crippen LogP contribution is 2.26. The van der Waals surface area contributed by atoms with Crippen LogP contribution in [0.5, 0.6) is 5.75 Å². The van der Waals surface area contributed by atoms with Gasteiger partial charge in [0.1, 0.15) is 11.6 Å². The van der Waals surface area contributed by atoms with Gasteiger partial charge >= 0.3 is 0 Å². The topological polar surface area (TPSA) is 64.3 Å². The van der Waals surface area contributed by atoms with E-state index in [0.717, 1.165) is 6.07 Å². The number of nitrogens with two attached hydrogens (primary N) is 1. The molecule has 0 bridgehead atoms. The Morgan fingerprint density at radius 3 is 2.70 bits per heavy atom. The van der Waals surface area contributed by atoms with Crippen LogP contribution in [0.15, 0.2) is 36.4 Å². The first kappa shape index (κ1) is 14.1. The molecule has 2 aromatic carbocycles. The third-order valence-electron chi connectivity index (χ3n) is 2.67. The molecule has 0 unspecified atom stereocenters. The quantitative estimate of drug-likeness (QED) is 0.854. The number of methoxy groups -OCH3 is 1. The highest BCUT2D eigenvalue weighted by atomic mass is 35.5. The molecular weight excluding hydrogens is 283 g/mol. The summed E-state index contributed by atoms with van der Waals surface area (Å²) in [7, 11) is 1.48. The molecule has 0 aliphatic heterocycles. The van der Waals surface area contributed by atoms with Crippen molar-refractivity contribution in [2.75, 3.05) is 18.2 Å². The molecule has 1 amide bonds. The van der Waals surface area contributed by atoms with Crippen molar-refractivity contribution >= 4 is 28.9 Å². The van der Waals surface area contributed by atoms with Crippen LogP contribution in [0.2, 0.25) is 5.02 Å². The van der Waals surface area contributed by atoms with E-state index in [0.29, 0.717) is 17.1 Å². The molecule has 0 aliphatic rings. The van der Waals surface area contributed by atoms with Crippen LogP contribution in [0.1, 0.15) is 10.4 Å². The Hall–Kier alpha value is -2.27. The molecule has 6 heteroatoms. The summed E-state index contributed by atoms with van der Waals surface area (Å²) in [4.78, 5) is 12.0. The summed E-state index contributed by atoms with van der Waals surface area (Å²) in [5.41, 5.74) is 6.83. The zero-order valence-corrected chi connectivity index (χ0v) is 11.4. The Bertz CT molecular complexity index is 662. The first-order valence-corrected chi connectivity index (χ1v) is 6.09. The smallest absolute Gasteiger partial charge is 0.257 e. The summed E-state index contributed by atoms with van der Waals surface area (Å²) in [5.74, 6) is -0.490. The molecular formula is C14H12ClFN2O2. The Balaban J connectivity index is 2.23. The number of hydrogen-bond acceptors (Lipinski definition) is 3. The van der Waals surface area contributed by atoms with E-state index in [-0.39, 0.29) is 10.6 Å². The van der Waals surface area contributed by atoms with Gasteiger partial charge in [-0.1, -0.05) is 11.6 Å². The average molecular weight is 295 g/mol. The summed E-state index contributed by atoms with van der Waals surface area (Å²) in [5, 5.41) is 2.69. The van der Waals surface area contributed by atoms with Crippen LogP contribution in [-0.2, 0) is 0 Å². The number of hydrogen-bond donors (Lipinski definition) is 2. The monoisotopic (exact) mass is 294 g/mol. The van der Waals surface area contributed by atoms with Gasteiger partial charge in [0.15, 0.2) is 0 Å². The van der Waals surface area contributed by atoms with Crippen molar-refractivity contribution in [3.05, 3.63) is 52.8 Å². The van der Waals surface area contributed by atoms with Crippen molar-refractivity contribution in [1.82, 2.24) is 0 Å². The molecule has 2 rings (SSSR count). The van der Waals surface area contributed by atoms with Gasteiger partial charge in [0.2, 0.25) is 0 Å². The Labute approximate surface area is 120 Å². The lowest BCUT2D eigenvalue weighted by molar-refractivity contribution is 0.102. The molecule has 0 radical (unpaired) electrons. The lowest BCUT2D eigenvalue weighted by Gasteiger charge is -2.10. The molecule has 0 saturated carbocycles. The van der Waals surface area contributed by atoms with E-state index in [1.165, 1.54) is 19.2 Å². The Kier molecular flexibility index (Phi) is 4.10. The minimum atomic E-state index is -0.499. The van der Waals surface area contributed by atoms with Crippen LogP contribution in [0.4, 0.5) is 15.8 Å². The average Bonchev–Trinajstić information content (AvgIpc) is 2.40. The highest BCUT2D eigenvalue weighted by Gasteiger charge is 2.12. The van der Waals surface area contributed by atoms with Crippen molar-refractivity contribution in [2.24, 2.45) is 0 Å². The molecule has 0 saturated heterocycles. The van der Waals surface area contributed by atoms with E-state index in [1.54, 1.807) is 18.2 Å². The molecule has 20 heavy (non-hydrogen) atoms. The van der Waals surface area contributed by atoms with Crippen molar-refractivity contribution in [1.29, 1.82) is 0 Å². The number of nitrogens with one attached hydrogen (secondary N) is 1. The Morgan fingerprint density at radius 2 is 2.05 bits per heavy atom. The van der Waals surface area contributed by atoms with Crippen LogP contribution >= 0.6 is 11.6 Å². The summed E-state index contributed by atoms with van der Waals surface area (Å²) < 4.78 is 18.0. The second kappa shape index (κ2) is 5.79. The maximum absolute atomic E-state index is 12.9. The number of amides is 1. The summed E-state index contributed by atoms with van der Waals surface area (Å²) in [6.07, 6.45) is 0. The number of halogens is 2. The van der Waals surface area contributed by atoms with E-state index >= 15 is 0 Å². The predicted octanol–water partition coefficient (Wildman–Crippen LogP) is 3.32. The maximum atomic E-state index is 12.9. The Morgan fingerprint density at radius 1 is 1.30 bits per heavy atom. The minimum absolute atomic E-state index is 0.0462. The van der Waals surface area contributed by atoms with Crippen LogP contribution in [0, 0.1) is 5.82 Å². The van der Waals surface area contributed by atoms with Gasteiger partial charge in [0, 0.05) is 11.8 Å². The molecule has 0 spiro atoms. The van der Waals surface area contributed by atoms with E-state index in [4.69, 9.17) is 22.1 Å². The van der Waals surface area contributed by atoms with Gasteiger partial charge in [-0.15, -0.1) is 0 Å². The van der Waals surface area contributed by atoms with Gasteiger partial charge in [-0.3, -0.25) is 4.79 Å². The van der Waals surface area contributed by atoms with Crippen molar-refractivity contribution in [3.63, 3.8) is 0 Å². The largest absolute Gasteiger partial charge is 0.495 e. The lowest BCUT2D eigenvalue weighted by atomic mass is 10.2. The number of carbonyl (C=O) groups is 1. The van der Waals surface area contributed by atoms with Crippen LogP contribution < -0.4 is 15.8 Å². The van der Waals surface area contributed by atoms with E-state index in [9.17, 15) is 9.18 Å². The van der Waals surface area contributed by atoms with Gasteiger partial charge in [0.05, 0.1) is 23.4 Å². The molecule has 104 valence electrons. The SMILES string of the molecule is COc1cc(NC(=O)c2ccc(F)cc2Cl)ccc1N. The number of benzene rings is 2. The van der Waals surface area contributed by atoms with Crippen molar-refractivity contribution in [3.8, 4) is 5.75 Å². The second-order valence-corrected chi connectivity index (χ2v) is 4.44. The zero-order valence-electron chi connectivity index (χ0n) is 10.6. The van der Waals surface area contributed by atoms with Crippen molar-refractivity contribution < 1.29 is 13.9 Å². The maximum Gasteiger partial charge on any atom is 0.257 e. The number of ether oxygens (including phenoxy) is 1. The van der Waals surface area contributed by atoms with Crippen LogP contribution in [-0.4, -0.2) is 13.0 Å². The third kappa shape index (κ3) is 3.00. The standard InChI is InChI=1S/C14H12ClFN2O2/c1-20-13-7-9(3-5-12(13)17)18-14(19)10-4-2-8(16)6-11(10)15/h2-7H,17H2,1H3,(H,18,19). The molecule has 0 aliphatic carbocycles. The molecule has 0 atom stereocenters. The van der Waals surface area contributed by atoms with Gasteiger partial charge in [0.25, 0.3) is 5.91 Å². The van der Waals surface area contributed by atoms with E-state index < -0.39 is 11.7 Å². The van der Waals surface area contributed by atoms with Crippen LogP contribution in [0.25, 0.3) is 0 Å². The van der Waals surface area contributed by atoms with Crippen molar-refractivity contribution in [2.45, 2.75) is 0 Å². The summed E-state index contributed by atoms with van der Waals surface area (Å²) in [6.45, 7) is 0. The number of rotatable bonds is 3. The number of nitrogen functional groups attached to an aromatic ring is 1. The predicted molar refractivity (Wildman–Crippen MR) is 76.8 cm³/mol. The fourth-order valence-electron chi connectivity index (χ4n) is 1.66. The normalized spacial score (nSPS) is 10.2. The summed E-state index contributed by atoms with van der Waals surface area (Å²) >= 11 is 5.83. The van der Waals surface area contributed by atoms with Gasteiger partial charge < -0.3 is 15.8 Å². The minimum Gasteiger partial charge on any atom is -0.495 e. The molecule has 0 aromatic heterocycles.